The fraction of sp³-hybridized carbons (Fsp3) is 0.0833. The minimum absolute atomic E-state index is 0.150. The SMILES string of the molecule is Cc1ccc(N)cc1S(=O)(=O)Nc1ccc(Br)cn1. The van der Waals surface area contributed by atoms with Crippen molar-refractivity contribution in [2.75, 3.05) is 10.5 Å². The summed E-state index contributed by atoms with van der Waals surface area (Å²) in [7, 11) is -3.69. The molecule has 7 heteroatoms. The Hall–Kier alpha value is -1.60. The molecule has 0 saturated heterocycles. The predicted octanol–water partition coefficient (Wildman–Crippen LogP) is 2.54. The van der Waals surface area contributed by atoms with Crippen LogP contribution >= 0.6 is 15.9 Å². The average molecular weight is 342 g/mol. The standard InChI is InChI=1S/C12H12BrN3O2S/c1-8-2-4-10(14)6-11(8)19(17,18)16-12-5-3-9(13)7-15-12/h2-7H,14H2,1H3,(H,15,16). The number of hydrogen-bond acceptors (Lipinski definition) is 4. The van der Waals surface area contributed by atoms with Crippen LogP contribution in [0.15, 0.2) is 45.9 Å². The fourth-order valence-electron chi connectivity index (χ4n) is 1.54. The van der Waals surface area contributed by atoms with Gasteiger partial charge in [0.25, 0.3) is 10.0 Å². The summed E-state index contributed by atoms with van der Waals surface area (Å²) in [6, 6.07) is 8.03. The molecule has 100 valence electrons. The number of aryl methyl sites for hydroxylation is 1. The summed E-state index contributed by atoms with van der Waals surface area (Å²) in [6.07, 6.45) is 1.52. The van der Waals surface area contributed by atoms with Crippen LogP contribution in [0.3, 0.4) is 0 Å². The molecule has 0 radical (unpaired) electrons. The van der Waals surface area contributed by atoms with Gasteiger partial charge in [0.15, 0.2) is 0 Å². The molecular weight excluding hydrogens is 330 g/mol. The quantitative estimate of drug-likeness (QED) is 0.840. The van der Waals surface area contributed by atoms with Gasteiger partial charge in [-0.15, -0.1) is 0 Å². The zero-order valence-electron chi connectivity index (χ0n) is 10.1. The van der Waals surface area contributed by atoms with Gasteiger partial charge in [0.1, 0.15) is 5.82 Å². The zero-order valence-corrected chi connectivity index (χ0v) is 12.5. The fourth-order valence-corrected chi connectivity index (χ4v) is 3.06. The lowest BCUT2D eigenvalue weighted by Gasteiger charge is -2.10. The molecule has 2 rings (SSSR count). The van der Waals surface area contributed by atoms with E-state index < -0.39 is 10.0 Å². The Labute approximate surface area is 120 Å². The molecule has 19 heavy (non-hydrogen) atoms. The first-order valence-electron chi connectivity index (χ1n) is 5.39. The first-order chi connectivity index (χ1) is 8.88. The van der Waals surface area contributed by atoms with Crippen LogP contribution in [-0.4, -0.2) is 13.4 Å². The third-order valence-corrected chi connectivity index (χ3v) is 4.43. The van der Waals surface area contributed by atoms with Crippen molar-refractivity contribution in [1.82, 2.24) is 4.98 Å². The third-order valence-electron chi connectivity index (χ3n) is 2.47. The Morgan fingerprint density at radius 3 is 2.63 bits per heavy atom. The number of nitrogens with zero attached hydrogens (tertiary/aromatic N) is 1. The summed E-state index contributed by atoms with van der Waals surface area (Å²) >= 11 is 3.23. The van der Waals surface area contributed by atoms with E-state index in [9.17, 15) is 8.42 Å². The van der Waals surface area contributed by atoms with Crippen molar-refractivity contribution in [3.05, 3.63) is 46.6 Å². The maximum Gasteiger partial charge on any atom is 0.263 e. The van der Waals surface area contributed by atoms with Gasteiger partial charge >= 0.3 is 0 Å². The van der Waals surface area contributed by atoms with E-state index in [1.807, 2.05) is 0 Å². The molecule has 3 N–H and O–H groups in total. The van der Waals surface area contributed by atoms with Gasteiger partial charge in [-0.25, -0.2) is 13.4 Å². The van der Waals surface area contributed by atoms with Gasteiger partial charge in [0.05, 0.1) is 4.90 Å². The van der Waals surface area contributed by atoms with E-state index in [1.54, 1.807) is 31.2 Å². The smallest absolute Gasteiger partial charge is 0.263 e. The van der Waals surface area contributed by atoms with Crippen LogP contribution in [0.5, 0.6) is 0 Å². The molecule has 0 aliphatic rings. The zero-order chi connectivity index (χ0) is 14.0. The summed E-state index contributed by atoms with van der Waals surface area (Å²) in [5, 5.41) is 0. The van der Waals surface area contributed by atoms with Crippen LogP contribution in [0.2, 0.25) is 0 Å². The number of nitrogens with one attached hydrogen (secondary N) is 1. The maximum absolute atomic E-state index is 12.2. The Balaban J connectivity index is 2.37. The van der Waals surface area contributed by atoms with Gasteiger partial charge < -0.3 is 5.73 Å². The molecule has 0 atom stereocenters. The van der Waals surface area contributed by atoms with Crippen molar-refractivity contribution in [2.45, 2.75) is 11.8 Å². The summed E-state index contributed by atoms with van der Waals surface area (Å²) in [5.74, 6) is 0.255. The molecule has 2 aromatic rings. The van der Waals surface area contributed by atoms with Crippen LogP contribution in [0, 0.1) is 6.92 Å². The average Bonchev–Trinajstić information content (AvgIpc) is 2.35. The Morgan fingerprint density at radius 2 is 2.00 bits per heavy atom. The molecule has 0 unspecified atom stereocenters. The van der Waals surface area contributed by atoms with Crippen molar-refractivity contribution in [2.24, 2.45) is 0 Å². The second-order valence-corrected chi connectivity index (χ2v) is 6.56. The van der Waals surface area contributed by atoms with Crippen LogP contribution < -0.4 is 10.5 Å². The largest absolute Gasteiger partial charge is 0.399 e. The van der Waals surface area contributed by atoms with Crippen LogP contribution in [0.4, 0.5) is 11.5 Å². The maximum atomic E-state index is 12.2. The molecular formula is C12H12BrN3O2S. The van der Waals surface area contributed by atoms with Crippen molar-refractivity contribution >= 4 is 37.5 Å². The first kappa shape index (κ1) is 13.8. The number of halogens is 1. The molecule has 0 aliphatic heterocycles. The Bertz CT molecular complexity index is 699. The van der Waals surface area contributed by atoms with E-state index in [0.29, 0.717) is 11.3 Å². The van der Waals surface area contributed by atoms with Gasteiger partial charge in [-0.05, 0) is 52.7 Å². The number of aromatic nitrogens is 1. The number of anilines is 2. The van der Waals surface area contributed by atoms with E-state index in [2.05, 4.69) is 25.6 Å². The number of hydrogen-bond donors (Lipinski definition) is 2. The van der Waals surface area contributed by atoms with E-state index in [-0.39, 0.29) is 10.7 Å². The molecule has 0 fully saturated rings. The van der Waals surface area contributed by atoms with E-state index in [4.69, 9.17) is 5.73 Å². The normalized spacial score (nSPS) is 11.3. The number of nitrogens with two attached hydrogens (primary N) is 1. The number of sulfonamides is 1. The highest BCUT2D eigenvalue weighted by molar-refractivity contribution is 9.10. The highest BCUT2D eigenvalue weighted by atomic mass is 79.9. The molecule has 5 nitrogen and oxygen atoms in total. The number of benzene rings is 1. The van der Waals surface area contributed by atoms with Crippen molar-refractivity contribution in [3.8, 4) is 0 Å². The molecule has 1 aromatic heterocycles. The van der Waals surface area contributed by atoms with E-state index >= 15 is 0 Å². The molecule has 1 aromatic carbocycles. The second-order valence-electron chi connectivity index (χ2n) is 3.99. The highest BCUT2D eigenvalue weighted by Gasteiger charge is 2.17. The number of rotatable bonds is 3. The minimum Gasteiger partial charge on any atom is -0.399 e. The van der Waals surface area contributed by atoms with Gasteiger partial charge in [-0.1, -0.05) is 6.07 Å². The molecule has 0 spiro atoms. The molecule has 0 saturated carbocycles. The lowest BCUT2D eigenvalue weighted by Crippen LogP contribution is -2.15. The highest BCUT2D eigenvalue weighted by Crippen LogP contribution is 2.21. The summed E-state index contributed by atoms with van der Waals surface area (Å²) in [5.41, 5.74) is 6.65. The van der Waals surface area contributed by atoms with Crippen LogP contribution in [0.1, 0.15) is 5.56 Å². The van der Waals surface area contributed by atoms with Crippen LogP contribution in [0.25, 0.3) is 0 Å². The molecule has 0 amide bonds. The second kappa shape index (κ2) is 5.18. The molecule has 1 heterocycles. The van der Waals surface area contributed by atoms with E-state index in [1.165, 1.54) is 12.3 Å². The molecule has 0 aliphatic carbocycles. The number of pyridine rings is 1. The molecule has 0 bridgehead atoms. The Kier molecular flexibility index (Phi) is 3.77. The van der Waals surface area contributed by atoms with E-state index in [0.717, 1.165) is 4.47 Å². The monoisotopic (exact) mass is 341 g/mol. The van der Waals surface area contributed by atoms with Crippen molar-refractivity contribution in [3.63, 3.8) is 0 Å². The summed E-state index contributed by atoms with van der Waals surface area (Å²) in [6.45, 7) is 1.71. The Morgan fingerprint density at radius 1 is 1.26 bits per heavy atom. The van der Waals surface area contributed by atoms with Gasteiger partial charge in [0.2, 0.25) is 0 Å². The number of nitrogen functional groups attached to an aromatic ring is 1. The van der Waals surface area contributed by atoms with Gasteiger partial charge in [-0.2, -0.15) is 0 Å². The lowest BCUT2D eigenvalue weighted by molar-refractivity contribution is 0.600. The van der Waals surface area contributed by atoms with Gasteiger partial charge in [-0.3, -0.25) is 4.72 Å². The summed E-state index contributed by atoms with van der Waals surface area (Å²) in [4.78, 5) is 4.12. The van der Waals surface area contributed by atoms with Crippen molar-refractivity contribution < 1.29 is 8.42 Å². The van der Waals surface area contributed by atoms with Gasteiger partial charge in [0, 0.05) is 16.4 Å². The lowest BCUT2D eigenvalue weighted by atomic mass is 10.2. The van der Waals surface area contributed by atoms with Crippen LogP contribution in [-0.2, 0) is 10.0 Å². The summed E-state index contributed by atoms with van der Waals surface area (Å²) < 4.78 is 27.7. The third kappa shape index (κ3) is 3.24. The minimum atomic E-state index is -3.69. The predicted molar refractivity (Wildman–Crippen MR) is 78.3 cm³/mol. The topological polar surface area (TPSA) is 85.1 Å². The van der Waals surface area contributed by atoms with Crippen molar-refractivity contribution in [1.29, 1.82) is 0 Å². The first-order valence-corrected chi connectivity index (χ1v) is 7.66.